The largest absolute Gasteiger partial charge is 0.339 e. The molecule has 1 heterocycles. The number of carbonyl (C=O) groups is 1. The molecule has 1 unspecified atom stereocenters. The van der Waals surface area contributed by atoms with Crippen LogP contribution in [0, 0.1) is 11.8 Å². The average molecular weight is 261 g/mol. The monoisotopic (exact) mass is 260 g/mol. The molecule has 2 rings (SSSR count). The molecule has 2 fully saturated rings. The van der Waals surface area contributed by atoms with Crippen molar-refractivity contribution in [3.63, 3.8) is 0 Å². The maximum absolute atomic E-state index is 12.4. The van der Waals surface area contributed by atoms with E-state index in [1.807, 2.05) is 0 Å². The highest BCUT2D eigenvalue weighted by atomic mass is 35.5. The summed E-state index contributed by atoms with van der Waals surface area (Å²) in [6.07, 6.45) is 4.67. The lowest BCUT2D eigenvalue weighted by Crippen LogP contribution is -2.45. The molecule has 17 heavy (non-hydrogen) atoms. The van der Waals surface area contributed by atoms with Crippen molar-refractivity contribution in [3.05, 3.63) is 0 Å². The Kier molecular flexibility index (Phi) is 5.74. The van der Waals surface area contributed by atoms with Crippen LogP contribution in [0.25, 0.3) is 0 Å². The van der Waals surface area contributed by atoms with Gasteiger partial charge in [-0.2, -0.15) is 0 Å². The second-order valence-electron chi connectivity index (χ2n) is 5.66. The van der Waals surface area contributed by atoms with Crippen LogP contribution in [0.5, 0.6) is 0 Å². The van der Waals surface area contributed by atoms with Gasteiger partial charge in [-0.15, -0.1) is 12.4 Å². The minimum atomic E-state index is 0. The Morgan fingerprint density at radius 3 is 2.53 bits per heavy atom. The predicted molar refractivity (Wildman–Crippen MR) is 72.4 cm³/mol. The third-order valence-electron chi connectivity index (χ3n) is 3.48. The van der Waals surface area contributed by atoms with Crippen molar-refractivity contribution in [2.24, 2.45) is 11.8 Å². The van der Waals surface area contributed by atoms with Gasteiger partial charge in [0.1, 0.15) is 0 Å². The molecule has 1 N–H and O–H groups in total. The second-order valence-corrected chi connectivity index (χ2v) is 5.66. The summed E-state index contributed by atoms with van der Waals surface area (Å²) in [5, 5.41) is 3.34. The number of rotatable bonds is 4. The molecule has 0 spiro atoms. The van der Waals surface area contributed by atoms with Gasteiger partial charge < -0.3 is 10.2 Å². The maximum Gasteiger partial charge on any atom is 0.227 e. The van der Waals surface area contributed by atoms with E-state index in [1.165, 1.54) is 12.8 Å². The molecule has 0 aromatic heterocycles. The minimum absolute atomic E-state index is 0. The molecule has 0 radical (unpaired) electrons. The molecule has 1 saturated carbocycles. The van der Waals surface area contributed by atoms with E-state index in [2.05, 4.69) is 24.1 Å². The van der Waals surface area contributed by atoms with Crippen molar-refractivity contribution in [1.82, 2.24) is 10.2 Å². The number of carbonyl (C=O) groups excluding carboxylic acids is 1. The molecule has 2 aliphatic rings. The van der Waals surface area contributed by atoms with Crippen LogP contribution in [-0.4, -0.2) is 36.5 Å². The van der Waals surface area contributed by atoms with Gasteiger partial charge in [-0.05, 0) is 38.1 Å². The Hall–Kier alpha value is -0.280. The number of hydrogen-bond donors (Lipinski definition) is 1. The molecule has 3 nitrogen and oxygen atoms in total. The summed E-state index contributed by atoms with van der Waals surface area (Å²) in [5.41, 5.74) is 0. The fourth-order valence-electron chi connectivity index (χ4n) is 2.50. The Bertz CT molecular complexity index is 248. The Morgan fingerprint density at radius 1 is 1.35 bits per heavy atom. The van der Waals surface area contributed by atoms with Gasteiger partial charge in [0.05, 0.1) is 5.92 Å². The van der Waals surface area contributed by atoms with E-state index < -0.39 is 0 Å². The molecular weight excluding hydrogens is 236 g/mol. The van der Waals surface area contributed by atoms with Gasteiger partial charge in [0, 0.05) is 19.1 Å². The van der Waals surface area contributed by atoms with Crippen LogP contribution in [0.3, 0.4) is 0 Å². The zero-order chi connectivity index (χ0) is 11.5. The summed E-state index contributed by atoms with van der Waals surface area (Å²) in [6.45, 7) is 7.31. The summed E-state index contributed by atoms with van der Waals surface area (Å²) in [4.78, 5) is 14.6. The van der Waals surface area contributed by atoms with Crippen molar-refractivity contribution in [2.45, 2.75) is 45.6 Å². The van der Waals surface area contributed by atoms with E-state index in [9.17, 15) is 4.79 Å². The molecule has 1 amide bonds. The van der Waals surface area contributed by atoms with Gasteiger partial charge in [0.2, 0.25) is 5.91 Å². The van der Waals surface area contributed by atoms with Gasteiger partial charge in [0.25, 0.3) is 0 Å². The smallest absolute Gasteiger partial charge is 0.227 e. The Labute approximate surface area is 111 Å². The van der Waals surface area contributed by atoms with Crippen LogP contribution in [0.15, 0.2) is 0 Å². The van der Waals surface area contributed by atoms with Crippen molar-refractivity contribution < 1.29 is 4.79 Å². The number of nitrogens with zero attached hydrogens (tertiary/aromatic N) is 1. The number of piperidine rings is 1. The normalized spacial score (nSPS) is 24.3. The molecule has 0 aromatic carbocycles. The third kappa shape index (κ3) is 4.14. The number of hydrogen-bond acceptors (Lipinski definition) is 2. The highest BCUT2D eigenvalue weighted by molar-refractivity contribution is 5.85. The van der Waals surface area contributed by atoms with Crippen LogP contribution < -0.4 is 5.32 Å². The Morgan fingerprint density at radius 2 is 2.06 bits per heavy atom. The number of amides is 1. The summed E-state index contributed by atoms with van der Waals surface area (Å²) < 4.78 is 0. The van der Waals surface area contributed by atoms with Crippen molar-refractivity contribution in [2.75, 3.05) is 19.6 Å². The second kappa shape index (κ2) is 6.60. The average Bonchev–Trinajstić information content (AvgIpc) is 3.10. The van der Waals surface area contributed by atoms with E-state index in [4.69, 9.17) is 0 Å². The number of halogens is 1. The van der Waals surface area contributed by atoms with E-state index in [0.29, 0.717) is 17.9 Å². The standard InChI is InChI=1S/C13H24N2O.ClH/c1-10(2)9-15(12-5-6-12)13(16)11-4-3-7-14-8-11;/h10-12,14H,3-9H2,1-2H3;1H. The first kappa shape index (κ1) is 14.8. The lowest BCUT2D eigenvalue weighted by atomic mass is 9.97. The number of nitrogens with one attached hydrogen (secondary N) is 1. The van der Waals surface area contributed by atoms with Crippen molar-refractivity contribution in [1.29, 1.82) is 0 Å². The highest BCUT2D eigenvalue weighted by Crippen LogP contribution is 2.29. The summed E-state index contributed by atoms with van der Waals surface area (Å²) in [5.74, 6) is 1.23. The van der Waals surface area contributed by atoms with Gasteiger partial charge in [-0.25, -0.2) is 0 Å². The zero-order valence-electron chi connectivity index (χ0n) is 10.9. The summed E-state index contributed by atoms with van der Waals surface area (Å²) >= 11 is 0. The SMILES string of the molecule is CC(C)CN(C(=O)C1CCCNC1)C1CC1.Cl. The molecule has 100 valence electrons. The molecule has 0 aromatic rings. The first-order chi connectivity index (χ1) is 7.68. The maximum atomic E-state index is 12.4. The van der Waals surface area contributed by atoms with Crippen molar-refractivity contribution in [3.8, 4) is 0 Å². The van der Waals surface area contributed by atoms with Crippen LogP contribution in [0.1, 0.15) is 39.5 Å². The van der Waals surface area contributed by atoms with Crippen LogP contribution >= 0.6 is 12.4 Å². The fraction of sp³-hybridized carbons (Fsp3) is 0.923. The van der Waals surface area contributed by atoms with Crippen LogP contribution in [0.2, 0.25) is 0 Å². The van der Waals surface area contributed by atoms with Gasteiger partial charge >= 0.3 is 0 Å². The summed E-state index contributed by atoms with van der Waals surface area (Å²) in [6, 6.07) is 0.567. The first-order valence-corrected chi connectivity index (χ1v) is 6.69. The third-order valence-corrected chi connectivity index (χ3v) is 3.48. The van der Waals surface area contributed by atoms with Gasteiger partial charge in [-0.3, -0.25) is 4.79 Å². The van der Waals surface area contributed by atoms with E-state index >= 15 is 0 Å². The molecule has 1 atom stereocenters. The fourth-order valence-corrected chi connectivity index (χ4v) is 2.50. The van der Waals surface area contributed by atoms with Crippen molar-refractivity contribution >= 4 is 18.3 Å². The zero-order valence-corrected chi connectivity index (χ0v) is 11.8. The lowest BCUT2D eigenvalue weighted by molar-refractivity contribution is -0.137. The molecule has 1 aliphatic carbocycles. The molecule has 1 aliphatic heterocycles. The quantitative estimate of drug-likeness (QED) is 0.839. The molecule has 0 bridgehead atoms. The van der Waals surface area contributed by atoms with E-state index in [-0.39, 0.29) is 18.3 Å². The first-order valence-electron chi connectivity index (χ1n) is 6.69. The van der Waals surface area contributed by atoms with E-state index in [0.717, 1.165) is 32.5 Å². The van der Waals surface area contributed by atoms with Crippen LogP contribution in [-0.2, 0) is 4.79 Å². The Balaban J connectivity index is 0.00000144. The van der Waals surface area contributed by atoms with Gasteiger partial charge in [-0.1, -0.05) is 13.8 Å². The molecule has 1 saturated heterocycles. The van der Waals surface area contributed by atoms with E-state index in [1.54, 1.807) is 0 Å². The topological polar surface area (TPSA) is 32.3 Å². The lowest BCUT2D eigenvalue weighted by Gasteiger charge is -2.31. The molecular formula is C13H25ClN2O. The predicted octanol–water partition coefficient (Wildman–Crippen LogP) is 2.05. The highest BCUT2D eigenvalue weighted by Gasteiger charge is 2.36. The summed E-state index contributed by atoms with van der Waals surface area (Å²) in [7, 11) is 0. The van der Waals surface area contributed by atoms with Gasteiger partial charge in [0.15, 0.2) is 0 Å². The minimum Gasteiger partial charge on any atom is -0.339 e. The van der Waals surface area contributed by atoms with Crippen LogP contribution in [0.4, 0.5) is 0 Å². The molecule has 4 heteroatoms.